The predicted molar refractivity (Wildman–Crippen MR) is 140 cm³/mol. The third-order valence-corrected chi connectivity index (χ3v) is 7.68. The molecule has 8 nitrogen and oxygen atoms in total. The topological polar surface area (TPSA) is 90.0 Å². The number of rotatable bonds is 12. The molecule has 0 aliphatic rings. The fraction of sp³-hybridized carbons (Fsp3) is 0.462. The first-order valence-electron chi connectivity index (χ1n) is 11.9. The molecule has 1 N–H and O–H groups in total. The number of nitrogens with zero attached hydrogens (tertiary/aromatic N) is 3. The van der Waals surface area contributed by atoms with Gasteiger partial charge in [0.05, 0.1) is 5.69 Å². The fourth-order valence-electron chi connectivity index (χ4n) is 3.88. The second kappa shape index (κ2) is 12.7. The van der Waals surface area contributed by atoms with Gasteiger partial charge in [-0.15, -0.1) is 0 Å². The van der Waals surface area contributed by atoms with E-state index in [2.05, 4.69) is 5.32 Å². The number of hydrogen-bond donors (Lipinski definition) is 1. The van der Waals surface area contributed by atoms with Gasteiger partial charge in [0.1, 0.15) is 12.6 Å². The maximum atomic E-state index is 13.7. The molecule has 35 heavy (non-hydrogen) atoms. The molecule has 0 saturated carbocycles. The van der Waals surface area contributed by atoms with Crippen molar-refractivity contribution in [3.63, 3.8) is 0 Å². The Morgan fingerprint density at radius 1 is 1.00 bits per heavy atom. The molecule has 0 bridgehead atoms. The summed E-state index contributed by atoms with van der Waals surface area (Å²) in [7, 11) is -1.09. The summed E-state index contributed by atoms with van der Waals surface area (Å²) in [6, 6.07) is 14.5. The van der Waals surface area contributed by atoms with Crippen molar-refractivity contribution in [1.29, 1.82) is 0 Å². The molecule has 2 aromatic rings. The summed E-state index contributed by atoms with van der Waals surface area (Å²) < 4.78 is 28.9. The lowest BCUT2D eigenvalue weighted by atomic mass is 10.1. The molecule has 2 aromatic carbocycles. The van der Waals surface area contributed by atoms with Crippen LogP contribution in [0.1, 0.15) is 37.0 Å². The minimum absolute atomic E-state index is 0.245. The highest BCUT2D eigenvalue weighted by atomic mass is 32.2. The van der Waals surface area contributed by atoms with Gasteiger partial charge in [0, 0.05) is 27.2 Å². The summed E-state index contributed by atoms with van der Waals surface area (Å²) in [6.07, 6.45) is 0.961. The van der Waals surface area contributed by atoms with E-state index >= 15 is 0 Å². The smallest absolute Gasteiger partial charge is 0.304 e. The van der Waals surface area contributed by atoms with Crippen molar-refractivity contribution >= 4 is 27.7 Å². The molecule has 9 heteroatoms. The van der Waals surface area contributed by atoms with Crippen LogP contribution >= 0.6 is 0 Å². The predicted octanol–water partition coefficient (Wildman–Crippen LogP) is 2.90. The van der Waals surface area contributed by atoms with E-state index in [1.807, 2.05) is 70.2 Å². The van der Waals surface area contributed by atoms with Crippen LogP contribution in [0.2, 0.25) is 0 Å². The Kier molecular flexibility index (Phi) is 10.3. The third kappa shape index (κ3) is 7.29. The van der Waals surface area contributed by atoms with Gasteiger partial charge in [0.25, 0.3) is 0 Å². The van der Waals surface area contributed by atoms with E-state index in [0.717, 1.165) is 25.3 Å². The Labute approximate surface area is 210 Å². The van der Waals surface area contributed by atoms with Crippen LogP contribution in [-0.2, 0) is 26.2 Å². The normalized spacial score (nSPS) is 12.3. The van der Waals surface area contributed by atoms with Crippen molar-refractivity contribution in [2.75, 3.05) is 38.0 Å². The standard InChI is InChI=1S/C26H38N4O4S/c1-7-23(26(32)27-8-2)29(17-16-22-12-10-9-11-13-22)25(31)19-30(35(33,34)28(5)6)24-18-20(3)14-15-21(24)4/h9-15,18,23H,7-8,16-17,19H2,1-6H3,(H,27,32)/t23-/m0/s1. The molecular weight excluding hydrogens is 464 g/mol. The Hall–Kier alpha value is -2.91. The monoisotopic (exact) mass is 502 g/mol. The molecule has 0 heterocycles. The summed E-state index contributed by atoms with van der Waals surface area (Å²) in [5.74, 6) is -0.671. The molecule has 1 atom stereocenters. The summed E-state index contributed by atoms with van der Waals surface area (Å²) >= 11 is 0. The van der Waals surface area contributed by atoms with Crippen LogP contribution in [-0.4, -0.2) is 69.2 Å². The van der Waals surface area contributed by atoms with Crippen molar-refractivity contribution < 1.29 is 18.0 Å². The average molecular weight is 503 g/mol. The number of nitrogens with one attached hydrogen (secondary N) is 1. The first kappa shape index (κ1) is 28.3. The van der Waals surface area contributed by atoms with Crippen LogP contribution in [0.3, 0.4) is 0 Å². The Morgan fingerprint density at radius 2 is 1.66 bits per heavy atom. The van der Waals surface area contributed by atoms with E-state index in [4.69, 9.17) is 0 Å². The van der Waals surface area contributed by atoms with E-state index < -0.39 is 28.7 Å². The number of likely N-dealkylation sites (N-methyl/N-ethyl adjacent to an activating group) is 1. The highest BCUT2D eigenvalue weighted by molar-refractivity contribution is 7.90. The Bertz CT molecular complexity index is 1100. The molecule has 0 spiro atoms. The lowest BCUT2D eigenvalue weighted by molar-refractivity contribution is -0.139. The van der Waals surface area contributed by atoms with Crippen molar-refractivity contribution in [3.8, 4) is 0 Å². The molecule has 2 rings (SSSR count). The second-order valence-electron chi connectivity index (χ2n) is 8.73. The zero-order valence-electron chi connectivity index (χ0n) is 21.6. The van der Waals surface area contributed by atoms with Gasteiger partial charge >= 0.3 is 10.2 Å². The van der Waals surface area contributed by atoms with Crippen molar-refractivity contribution in [1.82, 2.24) is 14.5 Å². The highest BCUT2D eigenvalue weighted by Gasteiger charge is 2.33. The lowest BCUT2D eigenvalue weighted by Gasteiger charge is -2.34. The number of carbonyl (C=O) groups is 2. The van der Waals surface area contributed by atoms with Crippen LogP contribution in [0.25, 0.3) is 0 Å². The third-order valence-electron chi connectivity index (χ3n) is 5.87. The van der Waals surface area contributed by atoms with E-state index in [0.29, 0.717) is 31.6 Å². The molecule has 2 amide bonds. The van der Waals surface area contributed by atoms with Crippen LogP contribution < -0.4 is 9.62 Å². The Morgan fingerprint density at radius 3 is 2.23 bits per heavy atom. The highest BCUT2D eigenvalue weighted by Crippen LogP contribution is 2.26. The number of hydrogen-bond acceptors (Lipinski definition) is 4. The number of amides is 2. The minimum atomic E-state index is -3.97. The van der Waals surface area contributed by atoms with Crippen molar-refractivity contribution in [3.05, 3.63) is 65.2 Å². The maximum absolute atomic E-state index is 13.7. The van der Waals surface area contributed by atoms with E-state index in [1.165, 1.54) is 19.0 Å². The fourth-order valence-corrected chi connectivity index (χ4v) is 4.99. The minimum Gasteiger partial charge on any atom is -0.355 e. The van der Waals surface area contributed by atoms with Crippen LogP contribution in [0, 0.1) is 13.8 Å². The second-order valence-corrected chi connectivity index (χ2v) is 10.8. The summed E-state index contributed by atoms with van der Waals surface area (Å²) in [5, 5.41) is 2.81. The number of aryl methyl sites for hydroxylation is 2. The van der Waals surface area contributed by atoms with Gasteiger partial charge in [-0.2, -0.15) is 12.7 Å². The lowest BCUT2D eigenvalue weighted by Crippen LogP contribution is -2.54. The van der Waals surface area contributed by atoms with Crippen LogP contribution in [0.15, 0.2) is 48.5 Å². The molecule has 0 aliphatic heterocycles. The molecular formula is C26H38N4O4S. The van der Waals surface area contributed by atoms with Crippen LogP contribution in [0.5, 0.6) is 0 Å². The summed E-state index contributed by atoms with van der Waals surface area (Å²) in [5.41, 5.74) is 3.09. The first-order valence-corrected chi connectivity index (χ1v) is 13.3. The van der Waals surface area contributed by atoms with E-state index in [9.17, 15) is 18.0 Å². The molecule has 0 aromatic heterocycles. The zero-order valence-corrected chi connectivity index (χ0v) is 22.4. The van der Waals surface area contributed by atoms with Crippen molar-refractivity contribution in [2.45, 2.75) is 46.6 Å². The number of anilines is 1. The Balaban J connectivity index is 2.47. The van der Waals surface area contributed by atoms with Crippen molar-refractivity contribution in [2.24, 2.45) is 0 Å². The maximum Gasteiger partial charge on any atom is 0.304 e. The molecule has 0 saturated heterocycles. The van der Waals surface area contributed by atoms with Crippen LogP contribution in [0.4, 0.5) is 5.69 Å². The van der Waals surface area contributed by atoms with Gasteiger partial charge < -0.3 is 10.2 Å². The summed E-state index contributed by atoms with van der Waals surface area (Å²) in [4.78, 5) is 28.1. The van der Waals surface area contributed by atoms with Gasteiger partial charge in [0.2, 0.25) is 11.8 Å². The first-order chi connectivity index (χ1) is 16.5. The molecule has 0 unspecified atom stereocenters. The number of carbonyl (C=O) groups excluding carboxylic acids is 2. The quantitative estimate of drug-likeness (QED) is 0.483. The SMILES string of the molecule is CCNC(=O)[C@H](CC)N(CCc1ccccc1)C(=O)CN(c1cc(C)ccc1C)S(=O)(=O)N(C)C. The average Bonchev–Trinajstić information content (AvgIpc) is 2.82. The van der Waals surface area contributed by atoms with E-state index in [1.54, 1.807) is 6.07 Å². The van der Waals surface area contributed by atoms with Gasteiger partial charge in [-0.3, -0.25) is 9.59 Å². The molecule has 0 fully saturated rings. The van der Waals surface area contributed by atoms with Gasteiger partial charge in [-0.1, -0.05) is 49.4 Å². The molecule has 192 valence electrons. The largest absolute Gasteiger partial charge is 0.355 e. The molecule has 0 aliphatic carbocycles. The van der Waals surface area contributed by atoms with Gasteiger partial charge in [-0.25, -0.2) is 4.31 Å². The summed E-state index contributed by atoms with van der Waals surface area (Å²) in [6.45, 7) is 7.69. The molecule has 0 radical (unpaired) electrons. The van der Waals surface area contributed by atoms with Gasteiger partial charge in [0.15, 0.2) is 0 Å². The number of benzene rings is 2. The van der Waals surface area contributed by atoms with Gasteiger partial charge in [-0.05, 0) is 56.4 Å². The zero-order chi connectivity index (χ0) is 26.2. The van der Waals surface area contributed by atoms with E-state index in [-0.39, 0.29) is 5.91 Å².